The van der Waals surface area contributed by atoms with E-state index >= 15 is 0 Å². The molecule has 0 spiro atoms. The lowest BCUT2D eigenvalue weighted by atomic mass is 9.99. The summed E-state index contributed by atoms with van der Waals surface area (Å²) in [7, 11) is 0. The molecule has 0 aliphatic carbocycles. The molecule has 2 rings (SSSR count). The van der Waals surface area contributed by atoms with Crippen LogP contribution in [0.4, 0.5) is 21.0 Å². The molecule has 140 valence electrons. The van der Waals surface area contributed by atoms with Gasteiger partial charge in [-0.2, -0.15) is 0 Å². The first-order valence-corrected chi connectivity index (χ1v) is 8.46. The van der Waals surface area contributed by atoms with E-state index in [1.165, 1.54) is 0 Å². The molecule has 2 aromatic rings. The number of rotatable bonds is 5. The summed E-state index contributed by atoms with van der Waals surface area (Å²) in [6, 6.07) is 11.2. The van der Waals surface area contributed by atoms with Crippen LogP contribution in [-0.4, -0.2) is 25.4 Å². The molecule has 0 heterocycles. The molecule has 0 fully saturated rings. The lowest BCUT2D eigenvalue weighted by Crippen LogP contribution is -2.15. The van der Waals surface area contributed by atoms with Crippen molar-refractivity contribution in [3.05, 3.63) is 47.5 Å². The summed E-state index contributed by atoms with van der Waals surface area (Å²) in [4.78, 5) is 23.6. The van der Waals surface area contributed by atoms with Gasteiger partial charge in [0.15, 0.2) is 6.61 Å². The molecule has 27 heavy (non-hydrogen) atoms. The number of carbonyl (C=O) groups excluding carboxylic acids is 2. The number of nitrogens with one attached hydrogen (secondary N) is 2. The van der Waals surface area contributed by atoms with Crippen molar-refractivity contribution >= 4 is 23.6 Å². The van der Waals surface area contributed by atoms with Crippen LogP contribution in [0.3, 0.4) is 0 Å². The zero-order valence-electron chi connectivity index (χ0n) is 15.6. The van der Waals surface area contributed by atoms with Crippen molar-refractivity contribution in [2.45, 2.75) is 20.8 Å². The average molecular weight is 366 g/mol. The summed E-state index contributed by atoms with van der Waals surface area (Å²) in [5.74, 6) is 2.25. The highest BCUT2D eigenvalue weighted by molar-refractivity contribution is 5.93. The Kier molecular flexibility index (Phi) is 6.84. The largest absolute Gasteiger partial charge is 0.450 e. The van der Waals surface area contributed by atoms with Gasteiger partial charge in [0.1, 0.15) is 0 Å². The van der Waals surface area contributed by atoms with Crippen molar-refractivity contribution in [3.63, 3.8) is 0 Å². The molecule has 6 heteroatoms. The van der Waals surface area contributed by atoms with Crippen LogP contribution in [0.5, 0.6) is 0 Å². The van der Waals surface area contributed by atoms with E-state index in [4.69, 9.17) is 15.9 Å². The van der Waals surface area contributed by atoms with Crippen LogP contribution >= 0.6 is 0 Å². The van der Waals surface area contributed by atoms with Crippen molar-refractivity contribution in [2.75, 3.05) is 23.8 Å². The number of benzene rings is 2. The normalized spacial score (nSPS) is 9.85. The maximum absolute atomic E-state index is 11.9. The molecule has 2 amide bonds. The van der Waals surface area contributed by atoms with Crippen molar-refractivity contribution in [2.24, 2.45) is 0 Å². The maximum atomic E-state index is 11.9. The lowest BCUT2D eigenvalue weighted by Gasteiger charge is -2.14. The topological polar surface area (TPSA) is 76.7 Å². The first-order chi connectivity index (χ1) is 12.9. The van der Waals surface area contributed by atoms with Gasteiger partial charge in [0.25, 0.3) is 0 Å². The monoisotopic (exact) mass is 366 g/mol. The average Bonchev–Trinajstić information content (AvgIpc) is 2.61. The first kappa shape index (κ1) is 19.9. The third-order valence-electron chi connectivity index (χ3n) is 3.61. The highest BCUT2D eigenvalue weighted by atomic mass is 16.6. The van der Waals surface area contributed by atoms with E-state index in [0.29, 0.717) is 11.4 Å². The Morgan fingerprint density at radius 2 is 1.74 bits per heavy atom. The van der Waals surface area contributed by atoms with E-state index < -0.39 is 12.2 Å². The van der Waals surface area contributed by atoms with Crippen LogP contribution in [0, 0.1) is 26.2 Å². The van der Waals surface area contributed by atoms with Gasteiger partial charge in [0, 0.05) is 11.3 Å². The fourth-order valence-electron chi connectivity index (χ4n) is 2.55. The Morgan fingerprint density at radius 3 is 2.44 bits per heavy atom. The quantitative estimate of drug-likeness (QED) is 0.751. The highest BCUT2D eigenvalue weighted by Crippen LogP contribution is 2.32. The molecule has 0 aromatic heterocycles. The van der Waals surface area contributed by atoms with E-state index in [-0.39, 0.29) is 13.2 Å². The predicted octanol–water partition coefficient (Wildman–Crippen LogP) is 4.72. The maximum Gasteiger partial charge on any atom is 0.412 e. The third-order valence-corrected chi connectivity index (χ3v) is 3.61. The van der Waals surface area contributed by atoms with E-state index in [9.17, 15) is 9.59 Å². The Bertz CT molecular complexity index is 884. The predicted molar refractivity (Wildman–Crippen MR) is 106 cm³/mol. The second-order valence-corrected chi connectivity index (χ2v) is 5.89. The van der Waals surface area contributed by atoms with Crippen LogP contribution in [0.1, 0.15) is 18.1 Å². The van der Waals surface area contributed by atoms with E-state index in [0.717, 1.165) is 22.3 Å². The number of hydrogen-bond donors (Lipinski definition) is 2. The summed E-state index contributed by atoms with van der Waals surface area (Å²) < 4.78 is 9.81. The Hall–Kier alpha value is -3.46. The van der Waals surface area contributed by atoms with Gasteiger partial charge in [0.2, 0.25) is 0 Å². The standard InChI is InChI=1S/C21H22N2O4/c1-5-9-27-21(25)23-19-8-7-14(3)12-18(19)16-10-15(4)11-17(13-16)22-20(24)26-6-2/h1,7-8,10-13H,6,9H2,2-4H3,(H,22,24)(H,23,25). The van der Waals surface area contributed by atoms with Gasteiger partial charge in [-0.3, -0.25) is 10.6 Å². The molecule has 2 aromatic carbocycles. The molecule has 0 aliphatic rings. The fraction of sp³-hybridized carbons (Fsp3) is 0.238. The lowest BCUT2D eigenvalue weighted by molar-refractivity contribution is 0.168. The van der Waals surface area contributed by atoms with Gasteiger partial charge in [-0.1, -0.05) is 23.6 Å². The number of amides is 2. The van der Waals surface area contributed by atoms with Crippen LogP contribution in [-0.2, 0) is 9.47 Å². The minimum Gasteiger partial charge on any atom is -0.450 e. The first-order valence-electron chi connectivity index (χ1n) is 8.46. The summed E-state index contributed by atoms with van der Waals surface area (Å²) >= 11 is 0. The molecule has 0 radical (unpaired) electrons. The molecule has 0 saturated heterocycles. The van der Waals surface area contributed by atoms with Crippen molar-refractivity contribution in [1.82, 2.24) is 0 Å². The fourth-order valence-corrected chi connectivity index (χ4v) is 2.55. The summed E-state index contributed by atoms with van der Waals surface area (Å²) in [6.07, 6.45) is 3.96. The Balaban J connectivity index is 2.37. The molecule has 0 bridgehead atoms. The smallest absolute Gasteiger partial charge is 0.412 e. The summed E-state index contributed by atoms with van der Waals surface area (Å²) in [6.45, 7) is 5.80. The molecule has 0 aliphatic heterocycles. The van der Waals surface area contributed by atoms with Gasteiger partial charge < -0.3 is 9.47 Å². The summed E-state index contributed by atoms with van der Waals surface area (Å²) in [5, 5.41) is 5.40. The second kappa shape index (κ2) is 9.30. The van der Waals surface area contributed by atoms with Crippen LogP contribution < -0.4 is 10.6 Å². The number of terminal acetylenes is 1. The molecule has 0 unspecified atom stereocenters. The molecule has 6 nitrogen and oxygen atoms in total. The van der Waals surface area contributed by atoms with E-state index in [1.54, 1.807) is 13.0 Å². The Labute approximate surface area is 158 Å². The number of carbonyl (C=O) groups is 2. The second-order valence-electron chi connectivity index (χ2n) is 5.89. The molecule has 0 atom stereocenters. The minimum atomic E-state index is -0.629. The SMILES string of the molecule is C#CCOC(=O)Nc1ccc(C)cc1-c1cc(C)cc(NC(=O)OCC)c1. The molecule has 0 saturated carbocycles. The van der Waals surface area contributed by atoms with Gasteiger partial charge in [-0.25, -0.2) is 9.59 Å². The van der Waals surface area contributed by atoms with Crippen molar-refractivity contribution in [3.8, 4) is 23.5 Å². The summed E-state index contributed by atoms with van der Waals surface area (Å²) in [5.41, 5.74) is 4.78. The Morgan fingerprint density at radius 1 is 1.00 bits per heavy atom. The number of ether oxygens (including phenoxy) is 2. The van der Waals surface area contributed by atoms with Crippen molar-refractivity contribution in [1.29, 1.82) is 0 Å². The van der Waals surface area contributed by atoms with Crippen LogP contribution in [0.15, 0.2) is 36.4 Å². The molecular weight excluding hydrogens is 344 g/mol. The zero-order chi connectivity index (χ0) is 19.8. The van der Waals surface area contributed by atoms with Gasteiger partial charge in [-0.15, -0.1) is 6.42 Å². The zero-order valence-corrected chi connectivity index (χ0v) is 15.6. The van der Waals surface area contributed by atoms with Crippen molar-refractivity contribution < 1.29 is 19.1 Å². The van der Waals surface area contributed by atoms with Crippen LogP contribution in [0.25, 0.3) is 11.1 Å². The van der Waals surface area contributed by atoms with Gasteiger partial charge in [-0.05, 0) is 56.2 Å². The van der Waals surface area contributed by atoms with E-state index in [2.05, 4.69) is 16.6 Å². The number of aryl methyl sites for hydroxylation is 2. The van der Waals surface area contributed by atoms with Gasteiger partial charge >= 0.3 is 12.2 Å². The highest BCUT2D eigenvalue weighted by Gasteiger charge is 2.12. The molecule has 2 N–H and O–H groups in total. The number of hydrogen-bond acceptors (Lipinski definition) is 4. The van der Waals surface area contributed by atoms with E-state index in [1.807, 2.05) is 44.2 Å². The van der Waals surface area contributed by atoms with Crippen LogP contribution in [0.2, 0.25) is 0 Å². The third kappa shape index (κ3) is 5.79. The number of anilines is 2. The molecular formula is C21H22N2O4. The minimum absolute atomic E-state index is 0.106. The van der Waals surface area contributed by atoms with Gasteiger partial charge in [0.05, 0.1) is 12.3 Å².